The van der Waals surface area contributed by atoms with E-state index >= 15 is 0 Å². The number of ether oxygens (including phenoxy) is 1. The van der Waals surface area contributed by atoms with Gasteiger partial charge in [-0.1, -0.05) is 22.9 Å². The molecule has 2 aromatic rings. The largest absolute Gasteiger partial charge is 0.461 e. The molecule has 1 heterocycles. The van der Waals surface area contributed by atoms with Gasteiger partial charge in [-0.25, -0.2) is 9.48 Å². The average Bonchev–Trinajstić information content (AvgIpc) is 2.83. The van der Waals surface area contributed by atoms with Crippen LogP contribution in [0.1, 0.15) is 23.6 Å². The number of rotatable bonds is 3. The van der Waals surface area contributed by atoms with Crippen LogP contribution in [0.3, 0.4) is 0 Å². The summed E-state index contributed by atoms with van der Waals surface area (Å²) < 4.78 is 6.32. The van der Waals surface area contributed by atoms with Gasteiger partial charge >= 0.3 is 5.97 Å². The molecule has 2 rings (SSSR count). The van der Waals surface area contributed by atoms with Crippen molar-refractivity contribution in [3.8, 4) is 5.69 Å². The van der Waals surface area contributed by atoms with Gasteiger partial charge in [0.25, 0.3) is 0 Å². The number of esters is 1. The lowest BCUT2D eigenvalue weighted by molar-refractivity contribution is -0.116. The van der Waals surface area contributed by atoms with Gasteiger partial charge in [0.1, 0.15) is 0 Å². The Morgan fingerprint density at radius 1 is 1.38 bits per heavy atom. The van der Waals surface area contributed by atoms with Gasteiger partial charge in [-0.05, 0) is 31.2 Å². The first kappa shape index (κ1) is 15.4. The fraction of sp³-hybridized carbons (Fsp3) is 0.231. The number of aromatic nitrogens is 2. The lowest BCUT2D eigenvalue weighted by Gasteiger charge is -2.00. The van der Waals surface area contributed by atoms with Crippen molar-refractivity contribution in [2.45, 2.75) is 13.8 Å². The summed E-state index contributed by atoms with van der Waals surface area (Å²) in [7, 11) is 0. The molecule has 0 aliphatic rings. The van der Waals surface area contributed by atoms with Crippen LogP contribution in [0.2, 0.25) is 5.02 Å². The van der Waals surface area contributed by atoms with Crippen LogP contribution in [-0.2, 0) is 9.53 Å². The topological polar surface area (TPSA) is 73.5 Å². The van der Waals surface area contributed by atoms with E-state index in [0.717, 1.165) is 11.3 Å². The van der Waals surface area contributed by atoms with Crippen LogP contribution in [0.15, 0.2) is 29.3 Å². The van der Waals surface area contributed by atoms with E-state index in [0.29, 0.717) is 15.5 Å². The number of carbonyl (C=O) groups excluding carboxylic acids is 2. The first-order chi connectivity index (χ1) is 10.0. The Kier molecular flexibility index (Phi) is 4.87. The van der Waals surface area contributed by atoms with Gasteiger partial charge < -0.3 is 4.74 Å². The van der Waals surface area contributed by atoms with Crippen molar-refractivity contribution in [3.63, 3.8) is 0 Å². The van der Waals surface area contributed by atoms with Crippen molar-refractivity contribution < 1.29 is 14.3 Å². The third-order valence-corrected chi connectivity index (χ3v) is 3.47. The van der Waals surface area contributed by atoms with E-state index in [9.17, 15) is 9.59 Å². The second-order valence-electron chi connectivity index (χ2n) is 3.93. The van der Waals surface area contributed by atoms with Gasteiger partial charge in [0, 0.05) is 11.9 Å². The monoisotopic (exact) mass is 325 g/mol. The molecule has 0 saturated heterocycles. The van der Waals surface area contributed by atoms with E-state index in [1.807, 2.05) is 0 Å². The Hall–Kier alpha value is -1.99. The highest BCUT2D eigenvalue weighted by Crippen LogP contribution is 2.13. The first-order valence-electron chi connectivity index (χ1n) is 6.09. The van der Waals surface area contributed by atoms with Gasteiger partial charge in [-0.2, -0.15) is 4.99 Å². The van der Waals surface area contributed by atoms with Crippen molar-refractivity contribution in [2.24, 2.45) is 4.99 Å². The highest BCUT2D eigenvalue weighted by Gasteiger charge is 2.15. The maximum Gasteiger partial charge on any atom is 0.369 e. The van der Waals surface area contributed by atoms with E-state index in [-0.39, 0.29) is 17.5 Å². The van der Waals surface area contributed by atoms with E-state index in [2.05, 4.69) is 10.1 Å². The summed E-state index contributed by atoms with van der Waals surface area (Å²) in [6.07, 6.45) is 0. The minimum atomic E-state index is -0.546. The average molecular weight is 326 g/mol. The highest BCUT2D eigenvalue weighted by molar-refractivity contribution is 7.10. The second kappa shape index (κ2) is 6.64. The molecule has 0 aliphatic carbocycles. The maximum absolute atomic E-state index is 11.7. The summed E-state index contributed by atoms with van der Waals surface area (Å²) in [5, 5.41) is 4.86. The molecule has 21 heavy (non-hydrogen) atoms. The van der Waals surface area contributed by atoms with Gasteiger partial charge in [0.15, 0.2) is 0 Å². The van der Waals surface area contributed by atoms with Crippen molar-refractivity contribution in [1.82, 2.24) is 9.78 Å². The van der Waals surface area contributed by atoms with Gasteiger partial charge in [0.2, 0.25) is 15.7 Å². The van der Waals surface area contributed by atoms with Crippen LogP contribution in [0.5, 0.6) is 0 Å². The van der Waals surface area contributed by atoms with Crippen LogP contribution >= 0.6 is 22.9 Å². The number of hydrogen-bond acceptors (Lipinski definition) is 5. The zero-order valence-corrected chi connectivity index (χ0v) is 12.9. The zero-order chi connectivity index (χ0) is 15.4. The molecule has 110 valence electrons. The lowest BCUT2D eigenvalue weighted by atomic mass is 10.3. The minimum absolute atomic E-state index is 0.131. The summed E-state index contributed by atoms with van der Waals surface area (Å²) >= 11 is 6.83. The molecule has 1 aromatic carbocycles. The lowest BCUT2D eigenvalue weighted by Crippen LogP contribution is -2.16. The summed E-state index contributed by atoms with van der Waals surface area (Å²) in [5.74, 6) is -0.924. The minimum Gasteiger partial charge on any atom is -0.461 e. The summed E-state index contributed by atoms with van der Waals surface area (Å²) in [5.41, 5.74) is 0.645. The Balaban J connectivity index is 2.55. The maximum atomic E-state index is 11.7. The number of hydrogen-bond donors (Lipinski definition) is 0. The number of nitrogens with zero attached hydrogens (tertiary/aromatic N) is 3. The molecule has 0 saturated carbocycles. The normalized spacial score (nSPS) is 11.5. The Morgan fingerprint density at radius 2 is 2.05 bits per heavy atom. The Bertz CT molecular complexity index is 734. The molecule has 0 aliphatic heterocycles. The summed E-state index contributed by atoms with van der Waals surface area (Å²) in [4.78, 5) is 27.1. The fourth-order valence-electron chi connectivity index (χ4n) is 1.51. The number of amides is 1. The predicted octanol–water partition coefficient (Wildman–Crippen LogP) is 2.21. The van der Waals surface area contributed by atoms with Crippen LogP contribution < -0.4 is 4.80 Å². The molecule has 0 atom stereocenters. The molecule has 6 nitrogen and oxygen atoms in total. The van der Waals surface area contributed by atoms with Crippen LogP contribution in [0, 0.1) is 0 Å². The fourth-order valence-corrected chi connectivity index (χ4v) is 2.48. The van der Waals surface area contributed by atoms with E-state index in [1.54, 1.807) is 31.2 Å². The van der Waals surface area contributed by atoms with Crippen LogP contribution in [0.25, 0.3) is 5.69 Å². The molecule has 0 bridgehead atoms. The van der Waals surface area contributed by atoms with Gasteiger partial charge in [-0.3, -0.25) is 4.79 Å². The molecule has 0 unspecified atom stereocenters. The van der Waals surface area contributed by atoms with Crippen molar-refractivity contribution >= 4 is 34.8 Å². The molecule has 0 spiro atoms. The summed E-state index contributed by atoms with van der Waals surface area (Å²) in [6.45, 7) is 3.29. The Labute approximate surface area is 129 Å². The number of halogens is 1. The molecule has 1 aromatic heterocycles. The summed E-state index contributed by atoms with van der Waals surface area (Å²) in [6, 6.07) is 6.81. The van der Waals surface area contributed by atoms with Crippen molar-refractivity contribution in [1.29, 1.82) is 0 Å². The molecule has 0 N–H and O–H groups in total. The standard InChI is InChI=1S/C13H12ClN3O3S/c1-3-20-12(19)11-16-17(13(21-11)15-8(2)18)10-6-4-9(14)5-7-10/h4-7H,3H2,1-2H3. The smallest absolute Gasteiger partial charge is 0.369 e. The Morgan fingerprint density at radius 3 is 2.62 bits per heavy atom. The van der Waals surface area contributed by atoms with E-state index in [4.69, 9.17) is 16.3 Å². The SMILES string of the molecule is CCOC(=O)c1nn(-c2ccc(Cl)cc2)c(=NC(C)=O)s1. The molecule has 0 radical (unpaired) electrons. The predicted molar refractivity (Wildman–Crippen MR) is 78.7 cm³/mol. The van der Waals surface area contributed by atoms with Crippen molar-refractivity contribution in [2.75, 3.05) is 6.61 Å². The number of benzene rings is 1. The van der Waals surface area contributed by atoms with Gasteiger partial charge in [-0.15, -0.1) is 5.10 Å². The third-order valence-electron chi connectivity index (χ3n) is 2.33. The number of carbonyl (C=O) groups is 2. The van der Waals surface area contributed by atoms with Crippen molar-refractivity contribution in [3.05, 3.63) is 39.1 Å². The van der Waals surface area contributed by atoms with Crippen LogP contribution in [0.4, 0.5) is 0 Å². The highest BCUT2D eigenvalue weighted by atomic mass is 35.5. The third kappa shape index (κ3) is 3.77. The van der Waals surface area contributed by atoms with E-state index < -0.39 is 5.97 Å². The van der Waals surface area contributed by atoms with E-state index in [1.165, 1.54) is 11.6 Å². The molecular weight excluding hydrogens is 314 g/mol. The first-order valence-corrected chi connectivity index (χ1v) is 7.29. The molecular formula is C13H12ClN3O3S. The molecule has 8 heteroatoms. The van der Waals surface area contributed by atoms with Crippen LogP contribution in [-0.4, -0.2) is 28.3 Å². The second-order valence-corrected chi connectivity index (χ2v) is 5.32. The zero-order valence-electron chi connectivity index (χ0n) is 11.4. The molecule has 0 fully saturated rings. The van der Waals surface area contributed by atoms with Gasteiger partial charge in [0.05, 0.1) is 12.3 Å². The molecule has 1 amide bonds. The quantitative estimate of drug-likeness (QED) is 0.811.